The third kappa shape index (κ3) is 7.61. The molecule has 1 aliphatic carbocycles. The van der Waals surface area contributed by atoms with Gasteiger partial charge in [-0.05, 0) is 51.4 Å². The molecular weight excluding hydrogens is 248 g/mol. The Labute approximate surface area is 126 Å². The zero-order chi connectivity index (χ0) is 15.0. The molecule has 1 aliphatic rings. The molecular formula is C17H36N2O. The van der Waals surface area contributed by atoms with Crippen molar-refractivity contribution in [1.29, 1.82) is 0 Å². The zero-order valence-electron chi connectivity index (χ0n) is 14.3. The lowest BCUT2D eigenvalue weighted by Crippen LogP contribution is -2.42. The van der Waals surface area contributed by atoms with Crippen LogP contribution in [0.1, 0.15) is 53.4 Å². The number of hydrogen-bond acceptors (Lipinski definition) is 3. The van der Waals surface area contributed by atoms with Crippen LogP contribution in [0.4, 0.5) is 0 Å². The summed E-state index contributed by atoms with van der Waals surface area (Å²) >= 11 is 0. The lowest BCUT2D eigenvalue weighted by molar-refractivity contribution is 0.117. The van der Waals surface area contributed by atoms with Crippen LogP contribution >= 0.6 is 0 Å². The molecule has 0 radical (unpaired) electrons. The van der Waals surface area contributed by atoms with E-state index in [0.717, 1.165) is 44.1 Å². The fraction of sp³-hybridized carbons (Fsp3) is 1.00. The summed E-state index contributed by atoms with van der Waals surface area (Å²) in [7, 11) is 1.80. The lowest BCUT2D eigenvalue weighted by atomic mass is 10.0. The van der Waals surface area contributed by atoms with Gasteiger partial charge in [0.1, 0.15) is 0 Å². The highest BCUT2D eigenvalue weighted by molar-refractivity contribution is 4.85. The first-order chi connectivity index (χ1) is 9.54. The maximum absolute atomic E-state index is 5.25. The van der Waals surface area contributed by atoms with Crippen molar-refractivity contribution < 1.29 is 4.74 Å². The second-order valence-electron chi connectivity index (χ2n) is 6.93. The van der Waals surface area contributed by atoms with Gasteiger partial charge in [-0.3, -0.25) is 4.90 Å². The third-order valence-corrected chi connectivity index (χ3v) is 4.53. The molecule has 0 bridgehead atoms. The van der Waals surface area contributed by atoms with Crippen LogP contribution in [0.2, 0.25) is 0 Å². The molecule has 1 fully saturated rings. The van der Waals surface area contributed by atoms with Gasteiger partial charge in [-0.2, -0.15) is 0 Å². The van der Waals surface area contributed by atoms with Crippen molar-refractivity contribution in [2.45, 2.75) is 65.5 Å². The first-order valence-electron chi connectivity index (χ1n) is 8.51. The molecule has 3 heteroatoms. The van der Waals surface area contributed by atoms with E-state index in [4.69, 9.17) is 4.74 Å². The van der Waals surface area contributed by atoms with E-state index >= 15 is 0 Å². The summed E-state index contributed by atoms with van der Waals surface area (Å²) < 4.78 is 5.25. The normalized spacial score (nSPS) is 18.8. The largest absolute Gasteiger partial charge is 0.383 e. The van der Waals surface area contributed by atoms with Crippen LogP contribution in [-0.2, 0) is 4.74 Å². The van der Waals surface area contributed by atoms with Crippen LogP contribution in [0.5, 0.6) is 0 Å². The zero-order valence-corrected chi connectivity index (χ0v) is 14.3. The number of nitrogens with one attached hydrogen (secondary N) is 1. The van der Waals surface area contributed by atoms with E-state index in [2.05, 4.69) is 37.9 Å². The molecule has 0 aromatic heterocycles. The lowest BCUT2D eigenvalue weighted by Gasteiger charge is -2.29. The molecule has 1 rings (SSSR count). The van der Waals surface area contributed by atoms with Gasteiger partial charge < -0.3 is 10.1 Å². The quantitative estimate of drug-likeness (QED) is 0.596. The summed E-state index contributed by atoms with van der Waals surface area (Å²) in [4.78, 5) is 2.60. The average Bonchev–Trinajstić information content (AvgIpc) is 3.24. The molecule has 0 aromatic rings. The summed E-state index contributed by atoms with van der Waals surface area (Å²) in [6.07, 6.45) is 5.44. The molecule has 0 saturated heterocycles. The standard InChI is InChI=1S/C17H36N2O/c1-14(2)6-7-15(3)18-10-11-19(12-13-20-5)16(4)17-8-9-17/h14-18H,6-13H2,1-5H3. The van der Waals surface area contributed by atoms with Gasteiger partial charge >= 0.3 is 0 Å². The molecule has 0 aliphatic heterocycles. The maximum atomic E-state index is 5.25. The minimum absolute atomic E-state index is 0.637. The molecule has 2 unspecified atom stereocenters. The molecule has 120 valence electrons. The Morgan fingerprint density at radius 1 is 1.10 bits per heavy atom. The van der Waals surface area contributed by atoms with Crippen molar-refractivity contribution in [2.24, 2.45) is 11.8 Å². The Morgan fingerprint density at radius 2 is 1.80 bits per heavy atom. The van der Waals surface area contributed by atoms with Crippen molar-refractivity contribution in [1.82, 2.24) is 10.2 Å². The summed E-state index contributed by atoms with van der Waals surface area (Å²) in [6.45, 7) is 13.5. The SMILES string of the molecule is COCCN(CCNC(C)CCC(C)C)C(C)C1CC1. The van der Waals surface area contributed by atoms with E-state index < -0.39 is 0 Å². The molecule has 20 heavy (non-hydrogen) atoms. The van der Waals surface area contributed by atoms with Crippen molar-refractivity contribution in [2.75, 3.05) is 33.4 Å². The number of hydrogen-bond donors (Lipinski definition) is 1. The van der Waals surface area contributed by atoms with Gasteiger partial charge in [0.05, 0.1) is 6.61 Å². The Balaban J connectivity index is 2.19. The highest BCUT2D eigenvalue weighted by Gasteiger charge is 2.31. The highest BCUT2D eigenvalue weighted by Crippen LogP contribution is 2.34. The summed E-state index contributed by atoms with van der Waals surface area (Å²) in [5, 5.41) is 3.68. The van der Waals surface area contributed by atoms with Crippen molar-refractivity contribution in [3.05, 3.63) is 0 Å². The number of methoxy groups -OCH3 is 1. The van der Waals surface area contributed by atoms with Crippen LogP contribution in [0, 0.1) is 11.8 Å². The second kappa shape index (κ2) is 9.75. The van der Waals surface area contributed by atoms with Gasteiger partial charge in [-0.15, -0.1) is 0 Å². The molecule has 1 saturated carbocycles. The Hall–Kier alpha value is -0.120. The van der Waals surface area contributed by atoms with E-state index in [1.807, 2.05) is 0 Å². The summed E-state index contributed by atoms with van der Waals surface area (Å²) in [5.41, 5.74) is 0. The topological polar surface area (TPSA) is 24.5 Å². The van der Waals surface area contributed by atoms with Crippen molar-refractivity contribution in [3.63, 3.8) is 0 Å². The molecule has 3 nitrogen and oxygen atoms in total. The Bertz CT molecular complexity index is 241. The van der Waals surface area contributed by atoms with Gasteiger partial charge in [0, 0.05) is 38.8 Å². The molecule has 0 amide bonds. The number of rotatable bonds is 12. The van der Waals surface area contributed by atoms with E-state index in [9.17, 15) is 0 Å². The van der Waals surface area contributed by atoms with Crippen LogP contribution < -0.4 is 5.32 Å². The fourth-order valence-corrected chi connectivity index (χ4v) is 2.74. The smallest absolute Gasteiger partial charge is 0.0589 e. The van der Waals surface area contributed by atoms with Gasteiger partial charge in [-0.25, -0.2) is 0 Å². The number of ether oxygens (including phenoxy) is 1. The van der Waals surface area contributed by atoms with Gasteiger partial charge in [0.15, 0.2) is 0 Å². The van der Waals surface area contributed by atoms with E-state index in [1.54, 1.807) is 7.11 Å². The second-order valence-corrected chi connectivity index (χ2v) is 6.93. The van der Waals surface area contributed by atoms with E-state index in [1.165, 1.54) is 25.7 Å². The van der Waals surface area contributed by atoms with E-state index in [0.29, 0.717) is 6.04 Å². The van der Waals surface area contributed by atoms with Crippen LogP contribution in [-0.4, -0.2) is 50.3 Å². The Kier molecular flexibility index (Phi) is 8.74. The van der Waals surface area contributed by atoms with Crippen LogP contribution in [0.3, 0.4) is 0 Å². The van der Waals surface area contributed by atoms with Gasteiger partial charge in [0.2, 0.25) is 0 Å². The van der Waals surface area contributed by atoms with Crippen molar-refractivity contribution >= 4 is 0 Å². The predicted molar refractivity (Wildman–Crippen MR) is 87.2 cm³/mol. The predicted octanol–water partition coefficient (Wildman–Crippen LogP) is 3.15. The first-order valence-corrected chi connectivity index (χ1v) is 8.51. The highest BCUT2D eigenvalue weighted by atomic mass is 16.5. The maximum Gasteiger partial charge on any atom is 0.0589 e. The Morgan fingerprint density at radius 3 is 2.35 bits per heavy atom. The average molecular weight is 284 g/mol. The summed E-state index contributed by atoms with van der Waals surface area (Å²) in [6, 6.07) is 1.36. The monoisotopic (exact) mass is 284 g/mol. The molecule has 2 atom stereocenters. The molecule has 0 spiro atoms. The minimum Gasteiger partial charge on any atom is -0.383 e. The van der Waals surface area contributed by atoms with Crippen LogP contribution in [0.15, 0.2) is 0 Å². The first kappa shape index (κ1) is 17.9. The summed E-state index contributed by atoms with van der Waals surface area (Å²) in [5.74, 6) is 1.75. The third-order valence-electron chi connectivity index (χ3n) is 4.53. The molecule has 0 heterocycles. The fourth-order valence-electron chi connectivity index (χ4n) is 2.74. The van der Waals surface area contributed by atoms with Crippen LogP contribution in [0.25, 0.3) is 0 Å². The number of nitrogens with zero attached hydrogens (tertiary/aromatic N) is 1. The molecule has 1 N–H and O–H groups in total. The van der Waals surface area contributed by atoms with Gasteiger partial charge in [-0.1, -0.05) is 13.8 Å². The molecule has 0 aromatic carbocycles. The minimum atomic E-state index is 0.637. The van der Waals surface area contributed by atoms with E-state index in [-0.39, 0.29) is 0 Å². The van der Waals surface area contributed by atoms with Crippen molar-refractivity contribution in [3.8, 4) is 0 Å². The van der Waals surface area contributed by atoms with Gasteiger partial charge in [0.25, 0.3) is 0 Å².